The molecule has 1 aromatic heterocycles. The van der Waals surface area contributed by atoms with E-state index in [1.165, 1.54) is 5.56 Å². The third kappa shape index (κ3) is 3.34. The zero-order valence-corrected chi connectivity index (χ0v) is 9.20. The summed E-state index contributed by atoms with van der Waals surface area (Å²) in [6.45, 7) is 5.05. The number of hydrogen-bond acceptors (Lipinski definition) is 3. The van der Waals surface area contributed by atoms with Crippen LogP contribution >= 0.6 is 0 Å². The quantitative estimate of drug-likeness (QED) is 0.789. The van der Waals surface area contributed by atoms with Crippen LogP contribution in [0.2, 0.25) is 0 Å². The molecule has 1 aromatic rings. The summed E-state index contributed by atoms with van der Waals surface area (Å²) in [4.78, 5) is 6.44. The minimum Gasteiger partial charge on any atom is -0.360 e. The van der Waals surface area contributed by atoms with E-state index >= 15 is 0 Å². The summed E-state index contributed by atoms with van der Waals surface area (Å²) in [7, 11) is 2.05. The molecule has 0 saturated heterocycles. The Bertz CT molecular complexity index is 284. The predicted octanol–water partition coefficient (Wildman–Crippen LogP) is 1.56. The van der Waals surface area contributed by atoms with Crippen molar-refractivity contribution in [3.63, 3.8) is 0 Å². The Morgan fingerprint density at radius 1 is 1.57 bits per heavy atom. The van der Waals surface area contributed by atoms with Crippen LogP contribution in [-0.2, 0) is 0 Å². The van der Waals surface area contributed by atoms with E-state index in [-0.39, 0.29) is 6.04 Å². The van der Waals surface area contributed by atoms with Crippen molar-refractivity contribution in [3.05, 3.63) is 23.9 Å². The van der Waals surface area contributed by atoms with E-state index < -0.39 is 0 Å². The monoisotopic (exact) mass is 193 g/mol. The van der Waals surface area contributed by atoms with Crippen molar-refractivity contribution in [2.45, 2.75) is 26.3 Å². The van der Waals surface area contributed by atoms with E-state index in [1.54, 1.807) is 0 Å². The molecule has 3 heteroatoms. The molecule has 1 atom stereocenters. The number of aryl methyl sites for hydroxylation is 1. The lowest BCUT2D eigenvalue weighted by molar-refractivity contribution is 0.656. The fraction of sp³-hybridized carbons (Fsp3) is 0.545. The number of hydrogen-bond donors (Lipinski definition) is 1. The van der Waals surface area contributed by atoms with Gasteiger partial charge in [0.15, 0.2) is 0 Å². The van der Waals surface area contributed by atoms with Gasteiger partial charge in [-0.25, -0.2) is 4.98 Å². The molecule has 3 nitrogen and oxygen atoms in total. The lowest BCUT2D eigenvalue weighted by atomic mass is 10.2. The third-order valence-corrected chi connectivity index (χ3v) is 2.21. The lowest BCUT2D eigenvalue weighted by Crippen LogP contribution is -2.26. The van der Waals surface area contributed by atoms with E-state index in [1.807, 2.05) is 26.2 Å². The number of anilines is 1. The van der Waals surface area contributed by atoms with Gasteiger partial charge in [0.25, 0.3) is 0 Å². The normalized spacial score (nSPS) is 12.6. The minimum atomic E-state index is 0.252. The smallest absolute Gasteiger partial charge is 0.128 e. The van der Waals surface area contributed by atoms with Crippen LogP contribution in [0.1, 0.15) is 18.9 Å². The SMILES string of the molecule is Cc1ccnc(N(C)CCC(C)N)c1. The maximum atomic E-state index is 5.70. The van der Waals surface area contributed by atoms with Gasteiger partial charge in [-0.1, -0.05) is 0 Å². The van der Waals surface area contributed by atoms with E-state index in [0.29, 0.717) is 0 Å². The molecule has 0 bridgehead atoms. The van der Waals surface area contributed by atoms with E-state index in [4.69, 9.17) is 5.73 Å². The predicted molar refractivity (Wildman–Crippen MR) is 60.5 cm³/mol. The molecule has 1 unspecified atom stereocenters. The van der Waals surface area contributed by atoms with Crippen LogP contribution in [0.5, 0.6) is 0 Å². The van der Waals surface area contributed by atoms with Gasteiger partial charge in [-0.05, 0) is 38.0 Å². The zero-order chi connectivity index (χ0) is 10.6. The third-order valence-electron chi connectivity index (χ3n) is 2.21. The van der Waals surface area contributed by atoms with E-state index in [9.17, 15) is 0 Å². The summed E-state index contributed by atoms with van der Waals surface area (Å²) in [5, 5.41) is 0. The second kappa shape index (κ2) is 4.96. The summed E-state index contributed by atoms with van der Waals surface area (Å²) < 4.78 is 0. The van der Waals surface area contributed by atoms with Gasteiger partial charge >= 0.3 is 0 Å². The van der Waals surface area contributed by atoms with Crippen molar-refractivity contribution in [1.29, 1.82) is 0 Å². The van der Waals surface area contributed by atoms with Gasteiger partial charge in [0, 0.05) is 25.8 Å². The van der Waals surface area contributed by atoms with E-state index in [0.717, 1.165) is 18.8 Å². The molecular weight excluding hydrogens is 174 g/mol. The van der Waals surface area contributed by atoms with Gasteiger partial charge in [-0.2, -0.15) is 0 Å². The number of nitrogens with zero attached hydrogens (tertiary/aromatic N) is 2. The van der Waals surface area contributed by atoms with Crippen LogP contribution in [0, 0.1) is 6.92 Å². The highest BCUT2D eigenvalue weighted by Gasteiger charge is 2.03. The Hall–Kier alpha value is -1.09. The van der Waals surface area contributed by atoms with Crippen LogP contribution in [0.25, 0.3) is 0 Å². The molecular formula is C11H19N3. The van der Waals surface area contributed by atoms with Gasteiger partial charge in [0.2, 0.25) is 0 Å². The molecule has 1 heterocycles. The molecule has 0 fully saturated rings. The van der Waals surface area contributed by atoms with Crippen molar-refractivity contribution in [2.24, 2.45) is 5.73 Å². The molecule has 0 aromatic carbocycles. The Morgan fingerprint density at radius 3 is 2.86 bits per heavy atom. The van der Waals surface area contributed by atoms with E-state index in [2.05, 4.69) is 22.9 Å². The number of aromatic nitrogens is 1. The zero-order valence-electron chi connectivity index (χ0n) is 9.20. The van der Waals surface area contributed by atoms with Crippen molar-refractivity contribution in [2.75, 3.05) is 18.5 Å². The molecule has 0 aliphatic heterocycles. The Balaban J connectivity index is 2.56. The van der Waals surface area contributed by atoms with Crippen LogP contribution < -0.4 is 10.6 Å². The first-order valence-electron chi connectivity index (χ1n) is 4.99. The highest BCUT2D eigenvalue weighted by molar-refractivity contribution is 5.39. The fourth-order valence-electron chi connectivity index (χ4n) is 1.24. The van der Waals surface area contributed by atoms with Crippen molar-refractivity contribution in [3.8, 4) is 0 Å². The topological polar surface area (TPSA) is 42.2 Å². The molecule has 0 saturated carbocycles. The Morgan fingerprint density at radius 2 is 2.29 bits per heavy atom. The first kappa shape index (κ1) is 11.0. The summed E-state index contributed by atoms with van der Waals surface area (Å²) in [5.74, 6) is 1.02. The Kier molecular flexibility index (Phi) is 3.89. The molecule has 0 radical (unpaired) electrons. The second-order valence-corrected chi connectivity index (χ2v) is 3.88. The minimum absolute atomic E-state index is 0.252. The van der Waals surface area contributed by atoms with Gasteiger partial charge in [-0.15, -0.1) is 0 Å². The average Bonchev–Trinajstić information content (AvgIpc) is 2.14. The summed E-state index contributed by atoms with van der Waals surface area (Å²) in [6.07, 6.45) is 2.83. The average molecular weight is 193 g/mol. The molecule has 14 heavy (non-hydrogen) atoms. The van der Waals surface area contributed by atoms with Gasteiger partial charge in [-0.3, -0.25) is 0 Å². The van der Waals surface area contributed by atoms with Crippen molar-refractivity contribution < 1.29 is 0 Å². The highest BCUT2D eigenvalue weighted by Crippen LogP contribution is 2.10. The molecule has 78 valence electrons. The first-order chi connectivity index (χ1) is 6.59. The molecule has 0 aliphatic carbocycles. The lowest BCUT2D eigenvalue weighted by Gasteiger charge is -2.19. The van der Waals surface area contributed by atoms with Crippen LogP contribution in [-0.4, -0.2) is 24.6 Å². The van der Waals surface area contributed by atoms with Crippen LogP contribution in [0.15, 0.2) is 18.3 Å². The number of pyridine rings is 1. The largest absolute Gasteiger partial charge is 0.360 e. The second-order valence-electron chi connectivity index (χ2n) is 3.88. The molecule has 2 N–H and O–H groups in total. The Labute approximate surface area is 85.9 Å². The van der Waals surface area contributed by atoms with Crippen molar-refractivity contribution in [1.82, 2.24) is 4.98 Å². The van der Waals surface area contributed by atoms with Gasteiger partial charge in [0.1, 0.15) is 5.82 Å². The summed E-state index contributed by atoms with van der Waals surface area (Å²) in [5.41, 5.74) is 6.94. The standard InChI is InChI=1S/C11H19N3/c1-9-4-6-13-11(8-9)14(3)7-5-10(2)12/h4,6,8,10H,5,7,12H2,1-3H3. The number of nitrogens with two attached hydrogens (primary N) is 1. The molecule has 1 rings (SSSR count). The fourth-order valence-corrected chi connectivity index (χ4v) is 1.24. The van der Waals surface area contributed by atoms with Crippen LogP contribution in [0.4, 0.5) is 5.82 Å². The molecule has 0 amide bonds. The molecule has 0 spiro atoms. The maximum absolute atomic E-state index is 5.70. The summed E-state index contributed by atoms with van der Waals surface area (Å²) >= 11 is 0. The maximum Gasteiger partial charge on any atom is 0.128 e. The number of rotatable bonds is 4. The van der Waals surface area contributed by atoms with Crippen LogP contribution in [0.3, 0.4) is 0 Å². The molecule has 0 aliphatic rings. The van der Waals surface area contributed by atoms with Gasteiger partial charge < -0.3 is 10.6 Å². The van der Waals surface area contributed by atoms with Crippen molar-refractivity contribution >= 4 is 5.82 Å². The summed E-state index contributed by atoms with van der Waals surface area (Å²) in [6, 6.07) is 4.34. The van der Waals surface area contributed by atoms with Gasteiger partial charge in [0.05, 0.1) is 0 Å². The highest BCUT2D eigenvalue weighted by atomic mass is 15.2. The first-order valence-corrected chi connectivity index (χ1v) is 4.99.